The van der Waals surface area contributed by atoms with Gasteiger partial charge in [0.15, 0.2) is 6.61 Å². The van der Waals surface area contributed by atoms with Crippen molar-refractivity contribution >= 4 is 39.2 Å². The van der Waals surface area contributed by atoms with Gasteiger partial charge in [0.25, 0.3) is 11.6 Å². The summed E-state index contributed by atoms with van der Waals surface area (Å²) in [5.74, 6) is -0.836. The zero-order chi connectivity index (χ0) is 25.9. The zero-order valence-electron chi connectivity index (χ0n) is 19.7. The van der Waals surface area contributed by atoms with E-state index in [4.69, 9.17) is 9.94 Å². The van der Waals surface area contributed by atoms with E-state index in [2.05, 4.69) is 31.7 Å². The Bertz CT molecular complexity index is 1120. The van der Waals surface area contributed by atoms with Gasteiger partial charge in [-0.2, -0.15) is 0 Å². The molecule has 2 aromatic carbocycles. The number of hydrogen-bond acceptors (Lipinski definition) is 7. The molecule has 3 rings (SSSR count). The monoisotopic (exact) mass is 560 g/mol. The Kier molecular flexibility index (Phi) is 10.4. The molecule has 0 atom stereocenters. The number of nitro groups is 1. The summed E-state index contributed by atoms with van der Waals surface area (Å²) in [5, 5.41) is 30.2. The molecule has 10 nitrogen and oxygen atoms in total. The Morgan fingerprint density at radius 3 is 2.58 bits per heavy atom. The number of carbonyl (C=O) groups excluding carboxylic acids is 1. The highest BCUT2D eigenvalue weighted by Gasteiger charge is 2.18. The number of carboxylic acid groups (broad SMARTS) is 1. The lowest BCUT2D eigenvalue weighted by atomic mass is 9.89. The van der Waals surface area contributed by atoms with Gasteiger partial charge in [-0.1, -0.05) is 52.5 Å². The minimum absolute atomic E-state index is 0.0212. The van der Waals surface area contributed by atoms with Crippen LogP contribution in [0.15, 0.2) is 52.1 Å². The maximum absolute atomic E-state index is 12.3. The van der Waals surface area contributed by atoms with Crippen molar-refractivity contribution in [2.24, 2.45) is 11.1 Å². The van der Waals surface area contributed by atoms with Crippen molar-refractivity contribution < 1.29 is 24.5 Å². The first kappa shape index (κ1) is 27.3. The number of nitrogens with one attached hydrogen (secondary N) is 2. The van der Waals surface area contributed by atoms with E-state index in [0.29, 0.717) is 34.9 Å². The van der Waals surface area contributed by atoms with E-state index in [9.17, 15) is 19.7 Å². The van der Waals surface area contributed by atoms with Crippen LogP contribution in [-0.2, 0) is 21.0 Å². The van der Waals surface area contributed by atoms with E-state index in [-0.39, 0.29) is 31.3 Å². The van der Waals surface area contributed by atoms with Gasteiger partial charge in [-0.3, -0.25) is 19.7 Å². The summed E-state index contributed by atoms with van der Waals surface area (Å²) in [4.78, 5) is 39.5. The predicted molar refractivity (Wildman–Crippen MR) is 138 cm³/mol. The normalized spacial score (nSPS) is 14.3. The first-order chi connectivity index (χ1) is 17.3. The summed E-state index contributed by atoms with van der Waals surface area (Å²) in [6.45, 7) is 0.00334. The topological polar surface area (TPSA) is 143 Å². The van der Waals surface area contributed by atoms with Crippen LogP contribution in [0.4, 0.5) is 5.69 Å². The minimum Gasteiger partial charge on any atom is -0.480 e. The summed E-state index contributed by atoms with van der Waals surface area (Å²) in [6.07, 6.45) is 5.88. The molecule has 3 N–H and O–H groups in total. The molecule has 192 valence electrons. The number of oxime groups is 1. The van der Waals surface area contributed by atoms with Crippen LogP contribution in [0.25, 0.3) is 0 Å². The zero-order valence-corrected chi connectivity index (χ0v) is 21.3. The number of carbonyl (C=O) groups is 2. The molecule has 1 saturated carbocycles. The second-order valence-electron chi connectivity index (χ2n) is 8.63. The molecule has 0 aliphatic heterocycles. The van der Waals surface area contributed by atoms with Crippen LogP contribution in [0.3, 0.4) is 0 Å². The van der Waals surface area contributed by atoms with E-state index in [0.717, 1.165) is 17.3 Å². The van der Waals surface area contributed by atoms with Crippen molar-refractivity contribution in [3.05, 3.63) is 73.7 Å². The second kappa shape index (κ2) is 13.7. The van der Waals surface area contributed by atoms with E-state index in [1.165, 1.54) is 25.3 Å². The second-order valence-corrected chi connectivity index (χ2v) is 9.55. The van der Waals surface area contributed by atoms with Crippen LogP contribution in [0, 0.1) is 16.0 Å². The van der Waals surface area contributed by atoms with Gasteiger partial charge in [0, 0.05) is 40.3 Å². The van der Waals surface area contributed by atoms with Crippen LogP contribution >= 0.6 is 15.9 Å². The molecule has 0 radical (unpaired) electrons. The lowest BCUT2D eigenvalue weighted by molar-refractivity contribution is -0.385. The predicted octanol–water partition coefficient (Wildman–Crippen LogP) is 4.00. The fraction of sp³-hybridized carbons (Fsp3) is 0.400. The summed E-state index contributed by atoms with van der Waals surface area (Å²) in [6, 6.07) is 11.7. The maximum Gasteiger partial charge on any atom is 0.317 e. The number of halogens is 1. The fourth-order valence-corrected chi connectivity index (χ4v) is 4.52. The first-order valence-corrected chi connectivity index (χ1v) is 12.6. The largest absolute Gasteiger partial charge is 0.480 e. The summed E-state index contributed by atoms with van der Waals surface area (Å²) < 4.78 is 0.795. The Hall–Kier alpha value is -3.31. The molecule has 36 heavy (non-hydrogen) atoms. The van der Waals surface area contributed by atoms with Gasteiger partial charge in [-0.15, -0.1) is 0 Å². The third-order valence-electron chi connectivity index (χ3n) is 5.90. The number of rotatable bonds is 12. The Morgan fingerprint density at radius 2 is 1.89 bits per heavy atom. The third-order valence-corrected chi connectivity index (χ3v) is 6.40. The molecule has 1 aliphatic carbocycles. The highest BCUT2D eigenvalue weighted by atomic mass is 79.9. The molecular formula is C25H29BrN4O6. The van der Waals surface area contributed by atoms with Gasteiger partial charge >= 0.3 is 5.97 Å². The molecule has 0 heterocycles. The van der Waals surface area contributed by atoms with Gasteiger partial charge in [0.1, 0.15) is 5.71 Å². The Morgan fingerprint density at radius 1 is 1.14 bits per heavy atom. The SMILES string of the molecule is O=C(O)CNCc1cc(C(=NOCC(=O)NCC2CCCCC2)c2cccc(Br)c2)ccc1[N+](=O)[O-]. The summed E-state index contributed by atoms with van der Waals surface area (Å²) >= 11 is 3.43. The summed E-state index contributed by atoms with van der Waals surface area (Å²) in [7, 11) is 0. The molecule has 1 aliphatic rings. The molecule has 0 bridgehead atoms. The molecule has 0 saturated heterocycles. The van der Waals surface area contributed by atoms with Crippen LogP contribution in [0.2, 0.25) is 0 Å². The van der Waals surface area contributed by atoms with Crippen molar-refractivity contribution in [2.75, 3.05) is 19.7 Å². The smallest absolute Gasteiger partial charge is 0.317 e. The molecule has 0 spiro atoms. The molecule has 0 unspecified atom stereocenters. The van der Waals surface area contributed by atoms with Crippen molar-refractivity contribution in [3.8, 4) is 0 Å². The average molecular weight is 561 g/mol. The van der Waals surface area contributed by atoms with Crippen molar-refractivity contribution in [3.63, 3.8) is 0 Å². The quantitative estimate of drug-likeness (QED) is 0.202. The third kappa shape index (κ3) is 8.42. The van der Waals surface area contributed by atoms with Gasteiger partial charge in [0.2, 0.25) is 0 Å². The number of hydrogen-bond donors (Lipinski definition) is 3. The van der Waals surface area contributed by atoms with Crippen molar-refractivity contribution in [2.45, 2.75) is 38.6 Å². The van der Waals surface area contributed by atoms with E-state index in [1.54, 1.807) is 18.2 Å². The standard InChI is InChI=1S/C25H29BrN4O6/c26-21-8-4-7-18(12-21)25(29-36-16-23(31)28-13-17-5-2-1-3-6-17)19-9-10-22(30(34)35)20(11-19)14-27-15-24(32)33/h4,7-12,17,27H,1-3,5-6,13-16H2,(H,28,31)(H,32,33). The molecular weight excluding hydrogens is 532 g/mol. The van der Waals surface area contributed by atoms with Gasteiger partial charge in [-0.05, 0) is 43.0 Å². The highest BCUT2D eigenvalue weighted by Crippen LogP contribution is 2.24. The van der Waals surface area contributed by atoms with Crippen molar-refractivity contribution in [1.82, 2.24) is 10.6 Å². The van der Waals surface area contributed by atoms with Gasteiger partial charge in [-0.25, -0.2) is 0 Å². The molecule has 1 amide bonds. The van der Waals surface area contributed by atoms with E-state index < -0.39 is 10.9 Å². The Balaban J connectivity index is 1.79. The van der Waals surface area contributed by atoms with Crippen LogP contribution in [-0.4, -0.2) is 47.3 Å². The number of nitro benzene ring substituents is 1. The van der Waals surface area contributed by atoms with Crippen LogP contribution in [0.1, 0.15) is 48.8 Å². The molecule has 0 aromatic heterocycles. The highest BCUT2D eigenvalue weighted by molar-refractivity contribution is 9.10. The van der Waals surface area contributed by atoms with E-state index in [1.807, 2.05) is 18.2 Å². The summed E-state index contributed by atoms with van der Waals surface area (Å²) in [5.41, 5.74) is 1.73. The van der Waals surface area contributed by atoms with Gasteiger partial charge < -0.3 is 20.6 Å². The van der Waals surface area contributed by atoms with E-state index >= 15 is 0 Å². The lowest BCUT2D eigenvalue weighted by Crippen LogP contribution is -2.32. The molecule has 1 fully saturated rings. The van der Waals surface area contributed by atoms with Crippen molar-refractivity contribution in [1.29, 1.82) is 0 Å². The van der Waals surface area contributed by atoms with Crippen LogP contribution < -0.4 is 10.6 Å². The number of amides is 1. The number of nitrogens with zero attached hydrogens (tertiary/aromatic N) is 2. The number of aliphatic carboxylic acids is 1. The average Bonchev–Trinajstić information content (AvgIpc) is 2.85. The maximum atomic E-state index is 12.3. The minimum atomic E-state index is -1.07. The first-order valence-electron chi connectivity index (χ1n) is 11.8. The lowest BCUT2D eigenvalue weighted by Gasteiger charge is -2.21. The number of benzene rings is 2. The molecule has 2 aromatic rings. The molecule has 11 heteroatoms. The number of carboxylic acids is 1. The Labute approximate surface area is 217 Å². The van der Waals surface area contributed by atoms with Crippen LogP contribution in [0.5, 0.6) is 0 Å². The van der Waals surface area contributed by atoms with Gasteiger partial charge in [0.05, 0.1) is 11.5 Å². The fourth-order valence-electron chi connectivity index (χ4n) is 4.12.